The van der Waals surface area contributed by atoms with Crippen LogP contribution in [0.15, 0.2) is 0 Å². The Balaban J connectivity index is 1.90. The summed E-state index contributed by atoms with van der Waals surface area (Å²) in [4.78, 5) is 0. The van der Waals surface area contributed by atoms with E-state index in [-0.39, 0.29) is 18.1 Å². The first-order valence-electron chi connectivity index (χ1n) is 5.26. The third-order valence-electron chi connectivity index (χ3n) is 3.80. The minimum absolute atomic E-state index is 0.142. The van der Waals surface area contributed by atoms with Crippen LogP contribution in [0.25, 0.3) is 0 Å². The molecule has 1 saturated carbocycles. The largest absolute Gasteiger partial charge is 0.396 e. The summed E-state index contributed by atoms with van der Waals surface area (Å²) in [5.41, 5.74) is -0.142. The molecule has 1 heterocycles. The van der Waals surface area contributed by atoms with E-state index >= 15 is 0 Å². The predicted octanol–water partition coefficient (Wildman–Crippen LogP) is 0.119. The second kappa shape index (κ2) is 3.56. The van der Waals surface area contributed by atoms with Gasteiger partial charge >= 0.3 is 0 Å². The minimum atomic E-state index is -0.252. The van der Waals surface area contributed by atoms with Gasteiger partial charge in [-0.3, -0.25) is 0 Å². The van der Waals surface area contributed by atoms with E-state index in [1.54, 1.807) is 0 Å². The topological polar surface area (TPSA) is 52.5 Å². The lowest BCUT2D eigenvalue weighted by atomic mass is 9.62. The van der Waals surface area contributed by atoms with E-state index in [1.807, 2.05) is 0 Å². The van der Waals surface area contributed by atoms with Crippen molar-refractivity contribution in [1.29, 1.82) is 0 Å². The molecule has 3 heteroatoms. The molecule has 1 aliphatic carbocycles. The third-order valence-corrected chi connectivity index (χ3v) is 3.80. The molecule has 0 aromatic carbocycles. The molecule has 3 atom stereocenters. The van der Waals surface area contributed by atoms with Gasteiger partial charge in [-0.15, -0.1) is 0 Å². The lowest BCUT2D eigenvalue weighted by Crippen LogP contribution is -2.49. The lowest BCUT2D eigenvalue weighted by Gasteiger charge is -2.47. The van der Waals surface area contributed by atoms with Crippen molar-refractivity contribution in [2.45, 2.75) is 31.8 Å². The maximum absolute atomic E-state index is 9.64. The van der Waals surface area contributed by atoms with E-state index in [4.69, 9.17) is 0 Å². The Morgan fingerprint density at radius 3 is 2.62 bits per heavy atom. The summed E-state index contributed by atoms with van der Waals surface area (Å²) in [6.45, 7) is 2.32. The highest BCUT2D eigenvalue weighted by Crippen LogP contribution is 2.46. The number of hydrogen-bond donors (Lipinski definition) is 3. The molecule has 2 fully saturated rings. The maximum Gasteiger partial charge on any atom is 0.0618 e. The van der Waals surface area contributed by atoms with E-state index in [0.29, 0.717) is 5.92 Å². The molecule has 1 aliphatic heterocycles. The summed E-state index contributed by atoms with van der Waals surface area (Å²) >= 11 is 0. The van der Waals surface area contributed by atoms with E-state index in [9.17, 15) is 10.2 Å². The molecule has 0 radical (unpaired) electrons. The fraction of sp³-hybridized carbons (Fsp3) is 1.00. The van der Waals surface area contributed by atoms with Gasteiger partial charge < -0.3 is 15.5 Å². The molecular weight excluding hydrogens is 166 g/mol. The molecule has 2 aliphatic rings. The molecule has 3 N–H and O–H groups in total. The summed E-state index contributed by atoms with van der Waals surface area (Å²) in [6.07, 6.45) is 3.83. The highest BCUT2D eigenvalue weighted by Gasteiger charge is 2.46. The van der Waals surface area contributed by atoms with Gasteiger partial charge in [-0.25, -0.2) is 0 Å². The van der Waals surface area contributed by atoms with Gasteiger partial charge in [-0.1, -0.05) is 0 Å². The molecule has 0 aromatic heterocycles. The Morgan fingerprint density at radius 1 is 1.38 bits per heavy atom. The normalized spacial score (nSPS) is 44.8. The van der Waals surface area contributed by atoms with Crippen LogP contribution in [0.1, 0.15) is 25.7 Å². The Kier molecular flexibility index (Phi) is 2.58. The van der Waals surface area contributed by atoms with Crippen LogP contribution in [0.4, 0.5) is 0 Å². The van der Waals surface area contributed by atoms with Crippen molar-refractivity contribution in [1.82, 2.24) is 5.32 Å². The zero-order valence-electron chi connectivity index (χ0n) is 8.00. The second-order valence-corrected chi connectivity index (χ2v) is 4.64. The van der Waals surface area contributed by atoms with E-state index in [2.05, 4.69) is 5.32 Å². The Morgan fingerprint density at radius 2 is 2.23 bits per heavy atom. The number of aliphatic hydroxyl groups is 2. The fourth-order valence-corrected chi connectivity index (χ4v) is 2.63. The summed E-state index contributed by atoms with van der Waals surface area (Å²) in [6, 6.07) is 0. The second-order valence-electron chi connectivity index (χ2n) is 4.64. The SMILES string of the molecule is OCC1(CC2CCNC2)CC[C@@H]1O. The Hall–Kier alpha value is -0.120. The molecule has 2 rings (SSSR count). The molecule has 0 bridgehead atoms. The zero-order chi connectivity index (χ0) is 9.31. The minimum Gasteiger partial charge on any atom is -0.396 e. The Bertz CT molecular complexity index is 176. The molecule has 0 amide bonds. The number of aliphatic hydroxyl groups excluding tert-OH is 2. The van der Waals surface area contributed by atoms with Crippen LogP contribution < -0.4 is 5.32 Å². The maximum atomic E-state index is 9.64. The number of rotatable bonds is 3. The highest BCUT2D eigenvalue weighted by atomic mass is 16.3. The van der Waals surface area contributed by atoms with Crippen molar-refractivity contribution in [3.05, 3.63) is 0 Å². The van der Waals surface area contributed by atoms with Crippen molar-refractivity contribution < 1.29 is 10.2 Å². The number of nitrogens with one attached hydrogen (secondary N) is 1. The van der Waals surface area contributed by atoms with Gasteiger partial charge in [0.1, 0.15) is 0 Å². The molecule has 76 valence electrons. The smallest absolute Gasteiger partial charge is 0.0618 e. The van der Waals surface area contributed by atoms with Gasteiger partial charge in [0.25, 0.3) is 0 Å². The molecule has 3 nitrogen and oxygen atoms in total. The monoisotopic (exact) mass is 185 g/mol. The highest BCUT2D eigenvalue weighted by molar-refractivity contribution is 4.97. The fourth-order valence-electron chi connectivity index (χ4n) is 2.63. The first-order chi connectivity index (χ1) is 6.27. The molecule has 0 aromatic rings. The number of hydrogen-bond acceptors (Lipinski definition) is 3. The first-order valence-corrected chi connectivity index (χ1v) is 5.26. The summed E-state index contributed by atoms with van der Waals surface area (Å²) < 4.78 is 0. The molecule has 13 heavy (non-hydrogen) atoms. The van der Waals surface area contributed by atoms with E-state index in [1.165, 1.54) is 6.42 Å². The van der Waals surface area contributed by atoms with Gasteiger partial charge in [0.15, 0.2) is 0 Å². The quantitative estimate of drug-likeness (QED) is 0.585. The van der Waals surface area contributed by atoms with E-state index in [0.717, 1.165) is 32.4 Å². The van der Waals surface area contributed by atoms with Crippen molar-refractivity contribution in [2.75, 3.05) is 19.7 Å². The average Bonchev–Trinajstić information content (AvgIpc) is 2.64. The molecule has 0 spiro atoms. The standard InChI is InChI=1S/C10H19NO2/c12-7-10(3-1-9(10)13)5-8-2-4-11-6-8/h8-9,11-13H,1-7H2/t8?,9-,10?/m0/s1. The first kappa shape index (κ1) is 9.44. The lowest BCUT2D eigenvalue weighted by molar-refractivity contribution is -0.107. The van der Waals surface area contributed by atoms with Gasteiger partial charge in [-0.05, 0) is 44.7 Å². The van der Waals surface area contributed by atoms with Gasteiger partial charge in [-0.2, -0.15) is 0 Å². The van der Waals surface area contributed by atoms with Gasteiger partial charge in [0.05, 0.1) is 12.7 Å². The Labute approximate surface area is 79.2 Å². The van der Waals surface area contributed by atoms with Crippen LogP contribution in [-0.4, -0.2) is 36.0 Å². The van der Waals surface area contributed by atoms with Crippen LogP contribution in [0.3, 0.4) is 0 Å². The third kappa shape index (κ3) is 1.60. The average molecular weight is 185 g/mol. The van der Waals surface area contributed by atoms with Gasteiger partial charge in [0, 0.05) is 5.41 Å². The summed E-state index contributed by atoms with van der Waals surface area (Å²) in [7, 11) is 0. The zero-order valence-corrected chi connectivity index (χ0v) is 8.00. The summed E-state index contributed by atoms with van der Waals surface area (Å²) in [5.74, 6) is 0.669. The van der Waals surface area contributed by atoms with Crippen molar-refractivity contribution >= 4 is 0 Å². The van der Waals surface area contributed by atoms with Crippen LogP contribution in [0.2, 0.25) is 0 Å². The van der Waals surface area contributed by atoms with Gasteiger partial charge in [0.2, 0.25) is 0 Å². The van der Waals surface area contributed by atoms with Crippen LogP contribution in [0.5, 0.6) is 0 Å². The van der Waals surface area contributed by atoms with Crippen LogP contribution in [-0.2, 0) is 0 Å². The van der Waals surface area contributed by atoms with Crippen LogP contribution >= 0.6 is 0 Å². The van der Waals surface area contributed by atoms with Crippen LogP contribution in [0, 0.1) is 11.3 Å². The summed E-state index contributed by atoms with van der Waals surface area (Å²) in [5, 5.41) is 22.2. The molecule has 1 saturated heterocycles. The van der Waals surface area contributed by atoms with Crippen molar-refractivity contribution in [3.8, 4) is 0 Å². The van der Waals surface area contributed by atoms with Crippen molar-refractivity contribution in [3.63, 3.8) is 0 Å². The molecular formula is C10H19NO2. The van der Waals surface area contributed by atoms with Crippen molar-refractivity contribution in [2.24, 2.45) is 11.3 Å². The predicted molar refractivity (Wildman–Crippen MR) is 50.4 cm³/mol. The molecule has 2 unspecified atom stereocenters. The van der Waals surface area contributed by atoms with E-state index < -0.39 is 0 Å².